The normalized spacial score (nSPS) is 21.5. The Balaban J connectivity index is 1.87. The van der Waals surface area contributed by atoms with Crippen LogP contribution in [0.4, 0.5) is 42.1 Å². The molecule has 1 aliphatic carbocycles. The van der Waals surface area contributed by atoms with E-state index in [9.17, 15) is 39.3 Å². The van der Waals surface area contributed by atoms with Gasteiger partial charge < -0.3 is 18.7 Å². The minimum absolute atomic E-state index is 0.00778. The largest absolute Gasteiger partial charge is 0.492 e. The Bertz CT molecular complexity index is 1500. The van der Waals surface area contributed by atoms with Crippen LogP contribution in [0.15, 0.2) is 41.3 Å². The van der Waals surface area contributed by atoms with Crippen LogP contribution in [0, 0.1) is 11.7 Å². The summed E-state index contributed by atoms with van der Waals surface area (Å²) in [7, 11) is -8.96. The summed E-state index contributed by atoms with van der Waals surface area (Å²) in [6.07, 6.45) is -5.56. The van der Waals surface area contributed by atoms with Gasteiger partial charge in [0.15, 0.2) is 0 Å². The van der Waals surface area contributed by atoms with Crippen molar-refractivity contribution in [3.63, 3.8) is 0 Å². The van der Waals surface area contributed by atoms with E-state index in [2.05, 4.69) is 0 Å². The van der Waals surface area contributed by atoms with E-state index < -0.39 is 99.8 Å². The van der Waals surface area contributed by atoms with E-state index in [4.69, 9.17) is 13.8 Å². The first kappa shape index (κ1) is 35.5. The molecule has 0 amide bonds. The average molecular weight is 690 g/mol. The van der Waals surface area contributed by atoms with Crippen molar-refractivity contribution in [2.75, 3.05) is 31.3 Å². The van der Waals surface area contributed by atoms with Crippen molar-refractivity contribution in [2.45, 2.75) is 80.5 Å². The lowest BCUT2D eigenvalue weighted by Crippen LogP contribution is -2.44. The molecule has 0 saturated heterocycles. The Morgan fingerprint density at radius 2 is 1.62 bits per heavy atom. The third kappa shape index (κ3) is 7.31. The molecule has 0 N–H and O–H groups in total. The molecular weight excluding hydrogens is 654 g/mol. The lowest BCUT2D eigenvalue weighted by molar-refractivity contribution is -0.139. The highest BCUT2D eigenvalue weighted by Crippen LogP contribution is 2.67. The summed E-state index contributed by atoms with van der Waals surface area (Å²) < 4.78 is 158. The van der Waals surface area contributed by atoms with E-state index in [1.807, 2.05) is 0 Å². The van der Waals surface area contributed by atoms with Crippen LogP contribution in [0.1, 0.15) is 58.4 Å². The van der Waals surface area contributed by atoms with Gasteiger partial charge in [-0.2, -0.15) is 13.2 Å². The fourth-order valence-corrected chi connectivity index (χ4v) is 9.68. The van der Waals surface area contributed by atoms with Crippen molar-refractivity contribution in [3.8, 4) is 5.75 Å². The molecule has 45 heavy (non-hydrogen) atoms. The zero-order chi connectivity index (χ0) is 33.4. The number of nitrogens with zero attached hydrogens (tertiary/aromatic N) is 1. The number of rotatable bonds is 12. The maximum Gasteiger partial charge on any atom is 0.420 e. The topological polar surface area (TPSA) is 82.1 Å². The SMILES string of the molecule is CCOP(=O)(OCC)C1(COc2cc3c(cc2C(F)(F)F)N(c2ccc(F)cc2)C[C@@H](CCC(C)(F)F)[C@@H](F)S3(=O)=O)CCC1. The van der Waals surface area contributed by atoms with Gasteiger partial charge in [0.25, 0.3) is 0 Å². The maximum absolute atomic E-state index is 15.9. The highest BCUT2D eigenvalue weighted by Gasteiger charge is 2.56. The van der Waals surface area contributed by atoms with Crippen LogP contribution in [0.2, 0.25) is 0 Å². The first-order valence-corrected chi connectivity index (χ1v) is 17.5. The molecule has 252 valence electrons. The molecule has 7 nitrogen and oxygen atoms in total. The lowest BCUT2D eigenvalue weighted by atomic mass is 9.85. The summed E-state index contributed by atoms with van der Waals surface area (Å²) in [5, 5.41) is -1.30. The van der Waals surface area contributed by atoms with E-state index in [0.717, 1.165) is 29.2 Å². The van der Waals surface area contributed by atoms with Crippen LogP contribution in [0.3, 0.4) is 0 Å². The molecule has 0 aromatic heterocycles. The summed E-state index contributed by atoms with van der Waals surface area (Å²) in [6.45, 7) is 2.54. The van der Waals surface area contributed by atoms with Gasteiger partial charge in [-0.25, -0.2) is 26.0 Å². The summed E-state index contributed by atoms with van der Waals surface area (Å²) in [5.41, 5.74) is -4.74. The van der Waals surface area contributed by atoms with Gasteiger partial charge in [0.05, 0.1) is 29.4 Å². The zero-order valence-corrected chi connectivity index (χ0v) is 26.6. The Kier molecular flexibility index (Phi) is 10.3. The first-order valence-electron chi connectivity index (χ1n) is 14.4. The van der Waals surface area contributed by atoms with Gasteiger partial charge in [-0.3, -0.25) is 4.57 Å². The maximum atomic E-state index is 15.9. The van der Waals surface area contributed by atoms with Gasteiger partial charge in [0.2, 0.25) is 21.3 Å². The zero-order valence-electron chi connectivity index (χ0n) is 24.9. The van der Waals surface area contributed by atoms with Crippen LogP contribution in [-0.4, -0.2) is 51.4 Å². The molecule has 2 aliphatic rings. The molecule has 0 radical (unpaired) electrons. The van der Waals surface area contributed by atoms with Crippen LogP contribution >= 0.6 is 7.60 Å². The van der Waals surface area contributed by atoms with Gasteiger partial charge >= 0.3 is 13.8 Å². The van der Waals surface area contributed by atoms with E-state index >= 15 is 4.39 Å². The number of alkyl halides is 6. The van der Waals surface area contributed by atoms with Crippen molar-refractivity contribution in [1.29, 1.82) is 0 Å². The molecule has 2 aromatic rings. The second-order valence-electron chi connectivity index (χ2n) is 11.4. The second-order valence-corrected chi connectivity index (χ2v) is 15.8. The van der Waals surface area contributed by atoms with Crippen molar-refractivity contribution in [1.82, 2.24) is 0 Å². The Morgan fingerprint density at radius 3 is 2.11 bits per heavy atom. The second kappa shape index (κ2) is 13.0. The smallest absolute Gasteiger partial charge is 0.420 e. The predicted molar refractivity (Wildman–Crippen MR) is 153 cm³/mol. The number of hydrogen-bond donors (Lipinski definition) is 0. The summed E-state index contributed by atoms with van der Waals surface area (Å²) in [4.78, 5) is 0.184. The number of halogens is 7. The molecule has 0 bridgehead atoms. The number of anilines is 2. The van der Waals surface area contributed by atoms with Crippen molar-refractivity contribution < 1.29 is 57.5 Å². The number of benzene rings is 2. The third-order valence-electron chi connectivity index (χ3n) is 8.10. The van der Waals surface area contributed by atoms with Gasteiger partial charge in [-0.05, 0) is 70.4 Å². The summed E-state index contributed by atoms with van der Waals surface area (Å²) in [6, 6.07) is 5.33. The van der Waals surface area contributed by atoms with Crippen LogP contribution in [0.25, 0.3) is 0 Å². The molecule has 0 spiro atoms. The molecule has 1 fully saturated rings. The van der Waals surface area contributed by atoms with E-state index in [1.165, 1.54) is 0 Å². The number of fused-ring (bicyclic) bond motifs is 1. The van der Waals surface area contributed by atoms with Gasteiger partial charge in [0.1, 0.15) is 23.3 Å². The van der Waals surface area contributed by atoms with Crippen molar-refractivity contribution in [3.05, 3.63) is 47.8 Å². The van der Waals surface area contributed by atoms with Gasteiger partial charge in [0, 0.05) is 30.6 Å². The van der Waals surface area contributed by atoms with Crippen molar-refractivity contribution in [2.24, 2.45) is 5.92 Å². The van der Waals surface area contributed by atoms with Gasteiger partial charge in [-0.15, -0.1) is 0 Å². The fourth-order valence-electron chi connectivity index (χ4n) is 5.59. The highest BCUT2D eigenvalue weighted by molar-refractivity contribution is 7.92. The van der Waals surface area contributed by atoms with E-state index in [1.54, 1.807) is 13.8 Å². The first-order chi connectivity index (χ1) is 20.9. The molecule has 4 rings (SSSR count). The Morgan fingerprint density at radius 1 is 1.02 bits per heavy atom. The minimum atomic E-state index is -5.11. The van der Waals surface area contributed by atoms with Crippen LogP contribution in [-0.2, 0) is 29.6 Å². The monoisotopic (exact) mass is 689 g/mol. The highest BCUT2D eigenvalue weighted by atomic mass is 32.2. The van der Waals surface area contributed by atoms with Gasteiger partial charge in [-0.1, -0.05) is 6.42 Å². The number of hydrogen-bond acceptors (Lipinski definition) is 7. The minimum Gasteiger partial charge on any atom is -0.492 e. The molecule has 1 saturated carbocycles. The average Bonchev–Trinajstić information content (AvgIpc) is 2.99. The van der Waals surface area contributed by atoms with E-state index in [-0.39, 0.29) is 31.7 Å². The molecule has 1 heterocycles. The molecule has 0 unspecified atom stereocenters. The Labute approximate surface area is 257 Å². The number of sulfone groups is 1. The molecule has 16 heteroatoms. The molecule has 1 aliphatic heterocycles. The van der Waals surface area contributed by atoms with Crippen LogP contribution < -0.4 is 9.64 Å². The van der Waals surface area contributed by atoms with Crippen LogP contribution in [0.5, 0.6) is 5.75 Å². The van der Waals surface area contributed by atoms with Crippen molar-refractivity contribution >= 4 is 28.8 Å². The molecule has 2 atom stereocenters. The molecule has 2 aromatic carbocycles. The third-order valence-corrected chi connectivity index (χ3v) is 13.0. The fraction of sp³-hybridized carbons (Fsp3) is 0.586. The predicted octanol–water partition coefficient (Wildman–Crippen LogP) is 8.68. The summed E-state index contributed by atoms with van der Waals surface area (Å²) >= 11 is 0. The summed E-state index contributed by atoms with van der Waals surface area (Å²) in [5.74, 6) is -6.51. The van der Waals surface area contributed by atoms with E-state index in [0.29, 0.717) is 25.5 Å². The molecular formula is C29H35F7NO6PS. The standard InChI is InChI=1S/C29H35F7NO6PS/c1-4-42-44(38,43-5-2)28(12-6-13-28)18-41-24-16-25-23(15-22(24)29(34,35)36)37(21-9-7-20(30)8-10-21)17-19(11-14-27(3,32)33)26(31)45(25,39)40/h7-10,15-16,19,26H,4-6,11-14,17-18H2,1-3H3/t19-,26+/m1/s1. The number of ether oxygens (including phenoxy) is 1. The Hall–Kier alpha value is -2.35. The lowest BCUT2D eigenvalue weighted by Gasteiger charge is -2.44. The quantitative estimate of drug-likeness (QED) is 0.163.